The number of carboxylic acids is 1. The highest BCUT2D eigenvalue weighted by atomic mass is 16.7. The molecule has 116 valence electrons. The largest absolute Gasteiger partial charge is 0.477 e. The Morgan fingerprint density at radius 1 is 1.48 bits per heavy atom. The summed E-state index contributed by atoms with van der Waals surface area (Å²) >= 11 is 0. The van der Waals surface area contributed by atoms with Gasteiger partial charge < -0.3 is 15.1 Å². The Bertz CT molecular complexity index is 539. The van der Waals surface area contributed by atoms with Gasteiger partial charge in [0.25, 0.3) is 0 Å². The molecule has 3 heterocycles. The lowest BCUT2D eigenvalue weighted by Gasteiger charge is -2.44. The van der Waals surface area contributed by atoms with E-state index in [0.29, 0.717) is 16.6 Å². The van der Waals surface area contributed by atoms with Crippen LogP contribution in [0.3, 0.4) is 0 Å². The third-order valence-electron chi connectivity index (χ3n) is 4.70. The first-order valence-corrected chi connectivity index (χ1v) is 7.22. The highest BCUT2D eigenvalue weighted by Crippen LogP contribution is 2.46. The number of hydrogen-bond donors (Lipinski definition) is 2. The van der Waals surface area contributed by atoms with Crippen LogP contribution in [0.15, 0.2) is 11.3 Å². The summed E-state index contributed by atoms with van der Waals surface area (Å²) in [6.07, 6.45) is 0.199. The third kappa shape index (κ3) is 2.07. The van der Waals surface area contributed by atoms with Crippen molar-refractivity contribution in [3.05, 3.63) is 11.3 Å². The zero-order valence-electron chi connectivity index (χ0n) is 12.4. The van der Waals surface area contributed by atoms with Crippen LogP contribution in [0.4, 0.5) is 0 Å². The fourth-order valence-corrected chi connectivity index (χ4v) is 3.71. The Balaban J connectivity index is 1.90. The number of carbonyl (C=O) groups excluding carboxylic acids is 1. The van der Waals surface area contributed by atoms with E-state index in [1.807, 2.05) is 14.1 Å². The lowest BCUT2D eigenvalue weighted by atomic mass is 9.82. The number of hydrogen-bond acceptors (Lipinski definition) is 4. The van der Waals surface area contributed by atoms with E-state index in [-0.39, 0.29) is 23.8 Å². The number of β-lactam (4-membered cyclic amide) rings is 1. The van der Waals surface area contributed by atoms with Crippen molar-refractivity contribution in [2.24, 2.45) is 5.92 Å². The summed E-state index contributed by atoms with van der Waals surface area (Å²) in [6.45, 7) is 2.38. The van der Waals surface area contributed by atoms with Crippen molar-refractivity contribution < 1.29 is 29.3 Å². The van der Waals surface area contributed by atoms with E-state index < -0.39 is 18.0 Å². The molecule has 2 N–H and O–H groups in total. The van der Waals surface area contributed by atoms with Gasteiger partial charge in [0.1, 0.15) is 18.3 Å². The fraction of sp³-hybridized carbons (Fsp3) is 0.714. The molecule has 2 fully saturated rings. The van der Waals surface area contributed by atoms with Crippen molar-refractivity contribution in [1.82, 2.24) is 4.90 Å². The van der Waals surface area contributed by atoms with Crippen LogP contribution >= 0.6 is 0 Å². The van der Waals surface area contributed by atoms with Crippen LogP contribution in [0.25, 0.3) is 0 Å². The highest BCUT2D eigenvalue weighted by molar-refractivity contribution is 5.99. The van der Waals surface area contributed by atoms with E-state index in [9.17, 15) is 19.8 Å². The lowest BCUT2D eigenvalue weighted by molar-refractivity contribution is -1.06. The number of hydroxylamine groups is 3. The predicted octanol–water partition coefficient (Wildman–Crippen LogP) is -0.283. The number of aliphatic hydroxyl groups excluding tert-OH is 1. The third-order valence-corrected chi connectivity index (χ3v) is 4.70. The van der Waals surface area contributed by atoms with Gasteiger partial charge in [-0.25, -0.2) is 4.79 Å². The number of amides is 1. The first-order chi connectivity index (χ1) is 9.73. The van der Waals surface area contributed by atoms with E-state index in [4.69, 9.17) is 4.84 Å². The first-order valence-electron chi connectivity index (χ1n) is 7.22. The molecule has 1 amide bonds. The summed E-state index contributed by atoms with van der Waals surface area (Å²) in [5.41, 5.74) is 0.751. The van der Waals surface area contributed by atoms with E-state index in [0.717, 1.165) is 13.0 Å². The fourth-order valence-electron chi connectivity index (χ4n) is 3.71. The smallest absolute Gasteiger partial charge is 0.352 e. The molecule has 1 unspecified atom stereocenters. The Morgan fingerprint density at radius 2 is 2.14 bits per heavy atom. The molecule has 0 spiro atoms. The molecular formula is C14H21N2O5+. The van der Waals surface area contributed by atoms with Gasteiger partial charge in [-0.3, -0.25) is 4.79 Å². The maximum absolute atomic E-state index is 12.1. The molecule has 21 heavy (non-hydrogen) atoms. The molecule has 0 aromatic heterocycles. The molecule has 0 saturated carbocycles. The zero-order valence-corrected chi connectivity index (χ0v) is 12.4. The van der Waals surface area contributed by atoms with Gasteiger partial charge >= 0.3 is 5.97 Å². The van der Waals surface area contributed by atoms with Crippen molar-refractivity contribution in [3.63, 3.8) is 0 Å². The Hall–Kier alpha value is -1.44. The van der Waals surface area contributed by atoms with Crippen molar-refractivity contribution >= 4 is 11.9 Å². The normalized spacial score (nSPS) is 35.7. The predicted molar refractivity (Wildman–Crippen MR) is 71.5 cm³/mol. The summed E-state index contributed by atoms with van der Waals surface area (Å²) in [6, 6.07) is -0.238. The molecule has 0 radical (unpaired) electrons. The standard InChI is InChI=1S/C14H20N2O5/c1-7(17)11-9-6-8(10-4-5-16(2,3)21-10)12(14(19)20)15(9)13(11)18/h7,9-11,17H,4-6H2,1-3H3/p+1/t7-,9-,10?,11-/m1/s1. The van der Waals surface area contributed by atoms with Crippen LogP contribution in [-0.4, -0.2) is 70.5 Å². The Morgan fingerprint density at radius 3 is 2.62 bits per heavy atom. The summed E-state index contributed by atoms with van der Waals surface area (Å²) in [5, 5.41) is 19.2. The van der Waals surface area contributed by atoms with Crippen LogP contribution in [0.2, 0.25) is 0 Å². The number of quaternary nitrogens is 1. The average Bonchev–Trinajstić information content (AvgIpc) is 2.86. The van der Waals surface area contributed by atoms with Crippen molar-refractivity contribution in [3.8, 4) is 0 Å². The second kappa shape index (κ2) is 4.53. The summed E-state index contributed by atoms with van der Waals surface area (Å²) in [5.74, 6) is -1.89. The summed E-state index contributed by atoms with van der Waals surface area (Å²) in [4.78, 5) is 30.9. The van der Waals surface area contributed by atoms with Crippen LogP contribution in [0.1, 0.15) is 19.8 Å². The monoisotopic (exact) mass is 297 g/mol. The van der Waals surface area contributed by atoms with Gasteiger partial charge in [-0.2, -0.15) is 9.48 Å². The molecular weight excluding hydrogens is 276 g/mol. The van der Waals surface area contributed by atoms with Gasteiger partial charge in [0, 0.05) is 6.42 Å². The van der Waals surface area contributed by atoms with E-state index in [1.54, 1.807) is 6.92 Å². The first kappa shape index (κ1) is 14.5. The summed E-state index contributed by atoms with van der Waals surface area (Å²) in [7, 11) is 3.85. The van der Waals surface area contributed by atoms with Crippen LogP contribution in [0, 0.1) is 5.92 Å². The molecule has 0 aliphatic carbocycles. The molecule has 0 aromatic carbocycles. The number of carboxylic acid groups (broad SMARTS) is 1. The number of aliphatic carboxylic acids is 1. The molecule has 3 aliphatic rings. The molecule has 7 nitrogen and oxygen atoms in total. The van der Waals surface area contributed by atoms with E-state index in [1.165, 1.54) is 4.90 Å². The van der Waals surface area contributed by atoms with Gasteiger partial charge in [0.05, 0.1) is 32.2 Å². The van der Waals surface area contributed by atoms with E-state index in [2.05, 4.69) is 0 Å². The maximum Gasteiger partial charge on any atom is 0.352 e. The maximum atomic E-state index is 12.1. The van der Waals surface area contributed by atoms with Crippen molar-refractivity contribution in [2.45, 2.75) is 38.0 Å². The van der Waals surface area contributed by atoms with Crippen molar-refractivity contribution in [2.75, 3.05) is 20.6 Å². The number of nitrogens with zero attached hydrogens (tertiary/aromatic N) is 2. The second-order valence-corrected chi connectivity index (χ2v) is 6.61. The summed E-state index contributed by atoms with van der Waals surface area (Å²) < 4.78 is 0.388. The average molecular weight is 297 g/mol. The molecule has 7 heteroatoms. The van der Waals surface area contributed by atoms with Gasteiger partial charge in [0.15, 0.2) is 0 Å². The molecule has 3 aliphatic heterocycles. The number of aliphatic hydroxyl groups is 1. The minimum absolute atomic E-state index is 0.0637. The number of rotatable bonds is 3. The number of carbonyl (C=O) groups is 2. The van der Waals surface area contributed by atoms with Gasteiger partial charge in [0.2, 0.25) is 5.91 Å². The number of fused-ring (bicyclic) bond motifs is 1. The minimum Gasteiger partial charge on any atom is -0.477 e. The zero-order chi connectivity index (χ0) is 15.5. The molecule has 3 rings (SSSR count). The molecule has 0 aromatic rings. The molecule has 2 saturated heterocycles. The minimum atomic E-state index is -1.09. The molecule has 0 bridgehead atoms. The van der Waals surface area contributed by atoms with Crippen LogP contribution in [-0.2, 0) is 14.4 Å². The van der Waals surface area contributed by atoms with Gasteiger partial charge in [-0.05, 0) is 18.9 Å². The van der Waals surface area contributed by atoms with Crippen LogP contribution < -0.4 is 0 Å². The second-order valence-electron chi connectivity index (χ2n) is 6.61. The van der Waals surface area contributed by atoms with Gasteiger partial charge in [-0.15, -0.1) is 0 Å². The lowest BCUT2D eigenvalue weighted by Crippen LogP contribution is -2.61. The van der Waals surface area contributed by atoms with Crippen molar-refractivity contribution in [1.29, 1.82) is 0 Å². The quantitative estimate of drug-likeness (QED) is 0.552. The van der Waals surface area contributed by atoms with Crippen LogP contribution in [0.5, 0.6) is 0 Å². The SMILES string of the molecule is C[C@@H](O)[C@H]1C(=O)N2C(C(=O)O)=C(C3CC[N+](C)(C)O3)C[C@H]12. The Kier molecular flexibility index (Phi) is 3.12. The topological polar surface area (TPSA) is 87.1 Å². The Labute approximate surface area is 122 Å². The van der Waals surface area contributed by atoms with E-state index >= 15 is 0 Å². The molecule has 4 atom stereocenters. The van der Waals surface area contributed by atoms with Gasteiger partial charge in [-0.1, -0.05) is 0 Å². The highest BCUT2D eigenvalue weighted by Gasteiger charge is 2.58.